The molecule has 1 heterocycles. The number of hydrogen-bond acceptors (Lipinski definition) is 4. The Morgan fingerprint density at radius 3 is 3.06 bits per heavy atom. The normalized spacial score (nSPS) is 10.6. The van der Waals surface area contributed by atoms with Crippen LogP contribution >= 0.6 is 15.9 Å². The fourth-order valence-corrected chi connectivity index (χ4v) is 2.06. The lowest BCUT2D eigenvalue weighted by molar-refractivity contribution is 0.407. The molecule has 0 amide bonds. The van der Waals surface area contributed by atoms with Gasteiger partial charge in [0.1, 0.15) is 5.75 Å². The van der Waals surface area contributed by atoms with Crippen molar-refractivity contribution in [2.24, 2.45) is 0 Å². The molecule has 0 unspecified atom stereocenters. The van der Waals surface area contributed by atoms with Gasteiger partial charge in [-0.3, -0.25) is 4.68 Å². The summed E-state index contributed by atoms with van der Waals surface area (Å²) in [7, 11) is 1.68. The third-order valence-corrected chi connectivity index (χ3v) is 3.04. The molecule has 1 aromatic carbocycles. The smallest absolute Gasteiger partial charge is 0.123 e. The summed E-state index contributed by atoms with van der Waals surface area (Å²) in [5.41, 5.74) is 1.13. The van der Waals surface area contributed by atoms with Gasteiger partial charge in [-0.15, -0.1) is 5.10 Å². The standard InChI is InChI=1S/C12H15BrN4O/c1-18-12-3-2-11(13)8-10(12)9-14-4-6-17-7-5-15-16-17/h2-3,5,7-8,14H,4,6,9H2,1H3. The molecular weight excluding hydrogens is 296 g/mol. The van der Waals surface area contributed by atoms with Crippen molar-refractivity contribution in [3.63, 3.8) is 0 Å². The van der Waals surface area contributed by atoms with Crippen LogP contribution in [0.15, 0.2) is 35.1 Å². The SMILES string of the molecule is COc1ccc(Br)cc1CNCCn1ccnn1. The van der Waals surface area contributed by atoms with Crippen molar-refractivity contribution in [1.29, 1.82) is 0 Å². The molecule has 0 saturated carbocycles. The van der Waals surface area contributed by atoms with Gasteiger partial charge in [-0.2, -0.15) is 0 Å². The van der Waals surface area contributed by atoms with Crippen LogP contribution in [0.5, 0.6) is 5.75 Å². The number of aromatic nitrogens is 3. The zero-order valence-corrected chi connectivity index (χ0v) is 11.7. The van der Waals surface area contributed by atoms with E-state index in [2.05, 4.69) is 37.6 Å². The zero-order valence-electron chi connectivity index (χ0n) is 10.1. The van der Waals surface area contributed by atoms with Crippen LogP contribution in [0.3, 0.4) is 0 Å². The second-order valence-corrected chi connectivity index (χ2v) is 4.71. The first-order chi connectivity index (χ1) is 8.79. The summed E-state index contributed by atoms with van der Waals surface area (Å²) in [4.78, 5) is 0. The minimum atomic E-state index is 0.761. The predicted octanol–water partition coefficient (Wildman–Crippen LogP) is 1.84. The van der Waals surface area contributed by atoms with Crippen molar-refractivity contribution >= 4 is 15.9 Å². The Labute approximate surface area is 114 Å². The summed E-state index contributed by atoms with van der Waals surface area (Å²) >= 11 is 3.46. The fraction of sp³-hybridized carbons (Fsp3) is 0.333. The van der Waals surface area contributed by atoms with Gasteiger partial charge >= 0.3 is 0 Å². The molecule has 0 aliphatic carbocycles. The first kappa shape index (κ1) is 13.0. The lowest BCUT2D eigenvalue weighted by atomic mass is 10.2. The number of ether oxygens (including phenoxy) is 1. The Morgan fingerprint density at radius 1 is 1.44 bits per heavy atom. The minimum absolute atomic E-state index is 0.761. The predicted molar refractivity (Wildman–Crippen MR) is 72.4 cm³/mol. The van der Waals surface area contributed by atoms with Crippen molar-refractivity contribution < 1.29 is 4.74 Å². The summed E-state index contributed by atoms with van der Waals surface area (Å²) < 4.78 is 8.16. The van der Waals surface area contributed by atoms with Crippen molar-refractivity contribution in [3.8, 4) is 5.75 Å². The summed E-state index contributed by atoms with van der Waals surface area (Å²) in [5, 5.41) is 11.0. The van der Waals surface area contributed by atoms with E-state index in [0.717, 1.165) is 35.4 Å². The number of nitrogens with one attached hydrogen (secondary N) is 1. The molecule has 0 aliphatic rings. The topological polar surface area (TPSA) is 52.0 Å². The summed E-state index contributed by atoms with van der Waals surface area (Å²) in [6.45, 7) is 2.40. The molecule has 0 atom stereocenters. The molecule has 1 aromatic heterocycles. The second-order valence-electron chi connectivity index (χ2n) is 3.80. The lowest BCUT2D eigenvalue weighted by Gasteiger charge is -2.10. The second kappa shape index (κ2) is 6.51. The Balaban J connectivity index is 1.84. The van der Waals surface area contributed by atoms with Crippen LogP contribution in [0.25, 0.3) is 0 Å². The van der Waals surface area contributed by atoms with Gasteiger partial charge in [0.15, 0.2) is 0 Å². The molecule has 0 fully saturated rings. The van der Waals surface area contributed by atoms with Crippen LogP contribution in [-0.4, -0.2) is 28.6 Å². The maximum Gasteiger partial charge on any atom is 0.123 e. The van der Waals surface area contributed by atoms with E-state index in [1.54, 1.807) is 18.0 Å². The summed E-state index contributed by atoms with van der Waals surface area (Å²) in [5.74, 6) is 0.895. The maximum atomic E-state index is 5.31. The highest BCUT2D eigenvalue weighted by Gasteiger charge is 2.03. The fourth-order valence-electron chi connectivity index (χ4n) is 1.65. The van der Waals surface area contributed by atoms with Gasteiger partial charge in [0.25, 0.3) is 0 Å². The van der Waals surface area contributed by atoms with E-state index in [-0.39, 0.29) is 0 Å². The highest BCUT2D eigenvalue weighted by atomic mass is 79.9. The average molecular weight is 311 g/mol. The average Bonchev–Trinajstić information content (AvgIpc) is 2.88. The monoisotopic (exact) mass is 310 g/mol. The molecule has 0 spiro atoms. The van der Waals surface area contributed by atoms with E-state index in [4.69, 9.17) is 4.74 Å². The number of methoxy groups -OCH3 is 1. The Hall–Kier alpha value is -1.40. The van der Waals surface area contributed by atoms with Crippen molar-refractivity contribution in [1.82, 2.24) is 20.3 Å². The van der Waals surface area contributed by atoms with Crippen LogP contribution < -0.4 is 10.1 Å². The van der Waals surface area contributed by atoms with Crippen molar-refractivity contribution in [3.05, 3.63) is 40.6 Å². The van der Waals surface area contributed by atoms with E-state index in [1.807, 2.05) is 18.3 Å². The molecule has 18 heavy (non-hydrogen) atoms. The Kier molecular flexibility index (Phi) is 4.72. The lowest BCUT2D eigenvalue weighted by Crippen LogP contribution is -2.20. The minimum Gasteiger partial charge on any atom is -0.496 e. The van der Waals surface area contributed by atoms with Crippen LogP contribution in [0.2, 0.25) is 0 Å². The third-order valence-electron chi connectivity index (χ3n) is 2.55. The number of nitrogens with zero attached hydrogens (tertiary/aromatic N) is 3. The maximum absolute atomic E-state index is 5.31. The van der Waals surface area contributed by atoms with Crippen LogP contribution in [0.1, 0.15) is 5.56 Å². The first-order valence-corrected chi connectivity index (χ1v) is 6.46. The highest BCUT2D eigenvalue weighted by molar-refractivity contribution is 9.10. The van der Waals surface area contributed by atoms with Gasteiger partial charge in [-0.1, -0.05) is 21.1 Å². The van der Waals surface area contributed by atoms with Crippen molar-refractivity contribution in [2.45, 2.75) is 13.1 Å². The molecule has 5 nitrogen and oxygen atoms in total. The van der Waals surface area contributed by atoms with Crippen molar-refractivity contribution in [2.75, 3.05) is 13.7 Å². The zero-order chi connectivity index (χ0) is 12.8. The van der Waals surface area contributed by atoms with E-state index in [9.17, 15) is 0 Å². The summed E-state index contributed by atoms with van der Waals surface area (Å²) in [6.07, 6.45) is 3.53. The number of rotatable bonds is 6. The molecule has 0 bridgehead atoms. The molecular formula is C12H15BrN4O. The van der Waals surface area contributed by atoms with Gasteiger partial charge < -0.3 is 10.1 Å². The molecule has 6 heteroatoms. The Morgan fingerprint density at radius 2 is 2.33 bits per heavy atom. The molecule has 96 valence electrons. The summed E-state index contributed by atoms with van der Waals surface area (Å²) in [6, 6.07) is 5.98. The van der Waals surface area contributed by atoms with Crippen LogP contribution in [0, 0.1) is 0 Å². The van der Waals surface area contributed by atoms with Gasteiger partial charge in [-0.25, -0.2) is 0 Å². The Bertz CT molecular complexity index is 487. The van der Waals surface area contributed by atoms with E-state index in [1.165, 1.54) is 0 Å². The molecule has 0 aliphatic heterocycles. The number of halogens is 1. The molecule has 0 saturated heterocycles. The number of benzene rings is 1. The van der Waals surface area contributed by atoms with Gasteiger partial charge in [0.05, 0.1) is 19.9 Å². The van der Waals surface area contributed by atoms with Gasteiger partial charge in [0.2, 0.25) is 0 Å². The first-order valence-electron chi connectivity index (χ1n) is 5.67. The van der Waals surface area contributed by atoms with Gasteiger partial charge in [-0.05, 0) is 18.2 Å². The quantitative estimate of drug-likeness (QED) is 0.827. The van der Waals surface area contributed by atoms with Gasteiger partial charge in [0, 0.05) is 29.3 Å². The third kappa shape index (κ3) is 3.54. The largest absolute Gasteiger partial charge is 0.496 e. The highest BCUT2D eigenvalue weighted by Crippen LogP contribution is 2.22. The molecule has 2 aromatic rings. The molecule has 2 rings (SSSR count). The van der Waals surface area contributed by atoms with Crippen LogP contribution in [0.4, 0.5) is 0 Å². The number of hydrogen-bond donors (Lipinski definition) is 1. The van der Waals surface area contributed by atoms with Crippen LogP contribution in [-0.2, 0) is 13.1 Å². The van der Waals surface area contributed by atoms with E-state index >= 15 is 0 Å². The van der Waals surface area contributed by atoms with E-state index in [0.29, 0.717) is 0 Å². The molecule has 0 radical (unpaired) electrons. The van der Waals surface area contributed by atoms with E-state index < -0.39 is 0 Å². The molecule has 1 N–H and O–H groups in total.